The summed E-state index contributed by atoms with van der Waals surface area (Å²) in [7, 11) is -3.23. The minimum absolute atomic E-state index is 0.0341. The van der Waals surface area contributed by atoms with Gasteiger partial charge in [-0.05, 0) is 38.5 Å². The van der Waals surface area contributed by atoms with E-state index in [1.165, 1.54) is 6.26 Å². The molecule has 0 fully saturated rings. The lowest BCUT2D eigenvalue weighted by Crippen LogP contribution is -2.09. The van der Waals surface area contributed by atoms with Gasteiger partial charge in [-0.3, -0.25) is 0 Å². The first-order valence-electron chi connectivity index (χ1n) is 4.78. The van der Waals surface area contributed by atoms with Crippen molar-refractivity contribution in [2.24, 2.45) is 0 Å². The number of benzene rings is 1. The molecule has 0 atom stereocenters. The summed E-state index contributed by atoms with van der Waals surface area (Å²) in [5.74, 6) is 0.429. The van der Waals surface area contributed by atoms with Gasteiger partial charge in [0.15, 0.2) is 9.84 Å². The molecule has 0 radical (unpaired) electrons. The highest BCUT2D eigenvalue weighted by Crippen LogP contribution is 2.25. The van der Waals surface area contributed by atoms with E-state index in [-0.39, 0.29) is 11.0 Å². The second kappa shape index (κ2) is 4.23. The fourth-order valence-electron chi connectivity index (χ4n) is 1.26. The van der Waals surface area contributed by atoms with E-state index in [4.69, 9.17) is 4.74 Å². The maximum atomic E-state index is 11.5. The summed E-state index contributed by atoms with van der Waals surface area (Å²) in [6.07, 6.45) is 1.16. The molecule has 4 heteroatoms. The van der Waals surface area contributed by atoms with E-state index in [1.807, 2.05) is 26.8 Å². The lowest BCUT2D eigenvalue weighted by Gasteiger charge is -2.13. The highest BCUT2D eigenvalue weighted by atomic mass is 32.2. The molecule has 84 valence electrons. The van der Waals surface area contributed by atoms with Crippen molar-refractivity contribution in [3.8, 4) is 5.75 Å². The molecule has 0 unspecified atom stereocenters. The third kappa shape index (κ3) is 3.23. The molecule has 0 bridgehead atoms. The lowest BCUT2D eigenvalue weighted by molar-refractivity contribution is 0.236. The van der Waals surface area contributed by atoms with Crippen molar-refractivity contribution in [1.82, 2.24) is 0 Å². The predicted octanol–water partition coefficient (Wildman–Crippen LogP) is 2.19. The standard InChI is InChI=1S/C11H16O3S/c1-8(2)14-10-6-5-9(3)7-11(10)15(4,12)13/h5-8H,1-4H3. The molecule has 1 aromatic carbocycles. The van der Waals surface area contributed by atoms with Crippen molar-refractivity contribution in [2.75, 3.05) is 6.26 Å². The molecule has 0 aromatic heterocycles. The van der Waals surface area contributed by atoms with Gasteiger partial charge in [-0.1, -0.05) is 6.07 Å². The molecule has 0 spiro atoms. The molecule has 0 heterocycles. The highest BCUT2D eigenvalue weighted by molar-refractivity contribution is 7.90. The Balaban J connectivity index is 3.27. The summed E-state index contributed by atoms with van der Waals surface area (Å²) in [5.41, 5.74) is 0.909. The van der Waals surface area contributed by atoms with Crippen molar-refractivity contribution < 1.29 is 13.2 Å². The van der Waals surface area contributed by atoms with Gasteiger partial charge < -0.3 is 4.74 Å². The topological polar surface area (TPSA) is 43.4 Å². The van der Waals surface area contributed by atoms with Gasteiger partial charge >= 0.3 is 0 Å². The van der Waals surface area contributed by atoms with E-state index in [2.05, 4.69) is 0 Å². The van der Waals surface area contributed by atoms with E-state index in [1.54, 1.807) is 12.1 Å². The van der Waals surface area contributed by atoms with Crippen molar-refractivity contribution in [2.45, 2.75) is 31.8 Å². The second-order valence-electron chi connectivity index (χ2n) is 3.89. The molecule has 3 nitrogen and oxygen atoms in total. The van der Waals surface area contributed by atoms with Gasteiger partial charge in [-0.15, -0.1) is 0 Å². The molecule has 0 amide bonds. The van der Waals surface area contributed by atoms with Gasteiger partial charge in [0.1, 0.15) is 10.6 Å². The maximum absolute atomic E-state index is 11.5. The Labute approximate surface area is 91.0 Å². The smallest absolute Gasteiger partial charge is 0.179 e. The van der Waals surface area contributed by atoms with Gasteiger partial charge in [0.05, 0.1) is 6.10 Å². The minimum atomic E-state index is -3.23. The number of rotatable bonds is 3. The van der Waals surface area contributed by atoms with Gasteiger partial charge in [0.25, 0.3) is 0 Å². The average molecular weight is 228 g/mol. The van der Waals surface area contributed by atoms with E-state index in [0.717, 1.165) is 5.56 Å². The molecule has 0 aliphatic heterocycles. The summed E-state index contributed by atoms with van der Waals surface area (Å²) in [6, 6.07) is 5.17. The molecule has 15 heavy (non-hydrogen) atoms. The van der Waals surface area contributed by atoms with Crippen molar-refractivity contribution in [3.05, 3.63) is 23.8 Å². The second-order valence-corrected chi connectivity index (χ2v) is 5.87. The summed E-state index contributed by atoms with van der Waals surface area (Å²) in [6.45, 7) is 5.59. The zero-order chi connectivity index (χ0) is 11.6. The summed E-state index contributed by atoms with van der Waals surface area (Å²) < 4.78 is 28.5. The summed E-state index contributed by atoms with van der Waals surface area (Å²) >= 11 is 0. The Bertz CT molecular complexity index is 447. The van der Waals surface area contributed by atoms with Crippen LogP contribution >= 0.6 is 0 Å². The zero-order valence-electron chi connectivity index (χ0n) is 9.44. The van der Waals surface area contributed by atoms with E-state index < -0.39 is 9.84 Å². The summed E-state index contributed by atoms with van der Waals surface area (Å²) in [5, 5.41) is 0. The molecule has 0 N–H and O–H groups in total. The summed E-state index contributed by atoms with van der Waals surface area (Å²) in [4.78, 5) is 0.260. The number of hydrogen-bond donors (Lipinski definition) is 0. The molecule has 0 aliphatic carbocycles. The van der Waals surface area contributed by atoms with E-state index >= 15 is 0 Å². The molecule has 1 aromatic rings. The fourth-order valence-corrected chi connectivity index (χ4v) is 2.14. The van der Waals surface area contributed by atoms with Crippen LogP contribution in [0.2, 0.25) is 0 Å². The third-order valence-corrected chi connectivity index (χ3v) is 2.98. The lowest BCUT2D eigenvalue weighted by atomic mass is 10.2. The molecular formula is C11H16O3S. The Hall–Kier alpha value is -1.03. The van der Waals surface area contributed by atoms with Crippen LogP contribution in [0.3, 0.4) is 0 Å². The highest BCUT2D eigenvalue weighted by Gasteiger charge is 2.15. The first kappa shape index (κ1) is 12.0. The normalized spacial score (nSPS) is 11.8. The third-order valence-electron chi connectivity index (χ3n) is 1.86. The van der Waals surface area contributed by atoms with Gasteiger partial charge in [-0.2, -0.15) is 0 Å². The van der Waals surface area contributed by atoms with Crippen LogP contribution in [0.25, 0.3) is 0 Å². The number of hydrogen-bond acceptors (Lipinski definition) is 3. The van der Waals surface area contributed by atoms with Crippen LogP contribution < -0.4 is 4.74 Å². The van der Waals surface area contributed by atoms with Crippen molar-refractivity contribution in [3.63, 3.8) is 0 Å². The largest absolute Gasteiger partial charge is 0.490 e. The monoisotopic (exact) mass is 228 g/mol. The number of ether oxygens (including phenoxy) is 1. The average Bonchev–Trinajstić information content (AvgIpc) is 2.05. The van der Waals surface area contributed by atoms with Crippen LogP contribution in [-0.2, 0) is 9.84 Å². The molecule has 0 saturated carbocycles. The van der Waals surface area contributed by atoms with Crippen LogP contribution in [0.4, 0.5) is 0 Å². The fraction of sp³-hybridized carbons (Fsp3) is 0.455. The Morgan fingerprint density at radius 3 is 2.33 bits per heavy atom. The Morgan fingerprint density at radius 2 is 1.87 bits per heavy atom. The molecule has 0 saturated heterocycles. The number of sulfone groups is 1. The Kier molecular flexibility index (Phi) is 3.39. The molecule has 1 rings (SSSR count). The van der Waals surface area contributed by atoms with E-state index in [0.29, 0.717) is 5.75 Å². The van der Waals surface area contributed by atoms with E-state index in [9.17, 15) is 8.42 Å². The molecular weight excluding hydrogens is 212 g/mol. The minimum Gasteiger partial charge on any atom is -0.490 e. The van der Waals surface area contributed by atoms with Crippen LogP contribution in [-0.4, -0.2) is 20.8 Å². The van der Waals surface area contributed by atoms with Crippen molar-refractivity contribution in [1.29, 1.82) is 0 Å². The SMILES string of the molecule is Cc1ccc(OC(C)C)c(S(C)(=O)=O)c1. The van der Waals surface area contributed by atoms with Crippen LogP contribution in [0.15, 0.2) is 23.1 Å². The van der Waals surface area contributed by atoms with Crippen LogP contribution in [0.1, 0.15) is 19.4 Å². The number of aryl methyl sites for hydroxylation is 1. The zero-order valence-corrected chi connectivity index (χ0v) is 10.3. The van der Waals surface area contributed by atoms with Gasteiger partial charge in [-0.25, -0.2) is 8.42 Å². The maximum Gasteiger partial charge on any atom is 0.179 e. The predicted molar refractivity (Wildman–Crippen MR) is 60.1 cm³/mol. The van der Waals surface area contributed by atoms with Gasteiger partial charge in [0, 0.05) is 6.26 Å². The Morgan fingerprint density at radius 1 is 1.27 bits per heavy atom. The van der Waals surface area contributed by atoms with Crippen molar-refractivity contribution >= 4 is 9.84 Å². The quantitative estimate of drug-likeness (QED) is 0.796. The first-order chi connectivity index (χ1) is 6.80. The first-order valence-corrected chi connectivity index (χ1v) is 6.67. The van der Waals surface area contributed by atoms with Crippen LogP contribution in [0, 0.1) is 6.92 Å². The van der Waals surface area contributed by atoms with Crippen LogP contribution in [0.5, 0.6) is 5.75 Å². The molecule has 0 aliphatic rings. The van der Waals surface area contributed by atoms with Gasteiger partial charge in [0.2, 0.25) is 0 Å².